The van der Waals surface area contributed by atoms with Crippen LogP contribution in [0.1, 0.15) is 40.0 Å². The Bertz CT molecular complexity index is 230. The van der Waals surface area contributed by atoms with E-state index in [4.69, 9.17) is 4.74 Å². The molecule has 5 nitrogen and oxygen atoms in total. The zero-order chi connectivity index (χ0) is 13.1. The molecule has 0 saturated carbocycles. The molecule has 0 spiro atoms. The van der Waals surface area contributed by atoms with Crippen LogP contribution in [0.2, 0.25) is 0 Å². The van der Waals surface area contributed by atoms with E-state index in [1.54, 1.807) is 13.8 Å². The molecule has 0 bridgehead atoms. The third kappa shape index (κ3) is 9.66. The number of unbranched alkanes of at least 4 members (excludes halogenated alkanes) is 1. The van der Waals surface area contributed by atoms with Gasteiger partial charge < -0.3 is 15.4 Å². The lowest BCUT2D eigenvalue weighted by Gasteiger charge is -2.08. The lowest BCUT2D eigenvalue weighted by Crippen LogP contribution is -2.36. The first-order chi connectivity index (χ1) is 8.07. The molecule has 0 unspecified atom stereocenters. The Morgan fingerprint density at radius 3 is 2.24 bits per heavy atom. The summed E-state index contributed by atoms with van der Waals surface area (Å²) in [5.41, 5.74) is 0. The Balaban J connectivity index is 3.33. The van der Waals surface area contributed by atoms with Gasteiger partial charge in [-0.25, -0.2) is 4.79 Å². The second kappa shape index (κ2) is 9.93. The fourth-order valence-corrected chi connectivity index (χ4v) is 1.05. The van der Waals surface area contributed by atoms with Gasteiger partial charge in [0.1, 0.15) is 0 Å². The standard InChI is InChI=1S/C12H24N2O3/c1-4-5-7-13-12(16)14-8-6-9-17-11(15)10(2)3/h10H,4-9H2,1-3H3,(H2,13,14,16). The molecule has 0 fully saturated rings. The van der Waals surface area contributed by atoms with Crippen LogP contribution in [0.15, 0.2) is 0 Å². The van der Waals surface area contributed by atoms with E-state index in [0.29, 0.717) is 26.1 Å². The number of carbonyl (C=O) groups excluding carboxylic acids is 2. The summed E-state index contributed by atoms with van der Waals surface area (Å²) in [6.45, 7) is 7.23. The van der Waals surface area contributed by atoms with Crippen molar-refractivity contribution in [1.82, 2.24) is 10.6 Å². The van der Waals surface area contributed by atoms with Crippen LogP contribution in [0.4, 0.5) is 4.79 Å². The number of nitrogens with one attached hydrogen (secondary N) is 2. The molecule has 2 amide bonds. The van der Waals surface area contributed by atoms with E-state index >= 15 is 0 Å². The zero-order valence-corrected chi connectivity index (χ0v) is 11.0. The summed E-state index contributed by atoms with van der Waals surface area (Å²) in [5.74, 6) is -0.294. The van der Waals surface area contributed by atoms with Gasteiger partial charge in [-0.3, -0.25) is 4.79 Å². The maximum absolute atomic E-state index is 11.2. The molecule has 0 atom stereocenters. The van der Waals surface area contributed by atoms with E-state index in [1.807, 2.05) is 0 Å². The smallest absolute Gasteiger partial charge is 0.314 e. The molecule has 0 aliphatic rings. The Kier molecular flexibility index (Phi) is 9.19. The summed E-state index contributed by atoms with van der Waals surface area (Å²) in [5, 5.41) is 5.45. The first kappa shape index (κ1) is 15.7. The minimum Gasteiger partial charge on any atom is -0.465 e. The minimum atomic E-state index is -0.197. The molecular weight excluding hydrogens is 220 g/mol. The van der Waals surface area contributed by atoms with Crippen molar-refractivity contribution in [2.75, 3.05) is 19.7 Å². The molecule has 17 heavy (non-hydrogen) atoms. The number of hydrogen-bond acceptors (Lipinski definition) is 3. The largest absolute Gasteiger partial charge is 0.465 e. The van der Waals surface area contributed by atoms with Gasteiger partial charge in [0.25, 0.3) is 0 Å². The summed E-state index contributed by atoms with van der Waals surface area (Å²) in [6.07, 6.45) is 2.69. The van der Waals surface area contributed by atoms with Crippen LogP contribution in [0.25, 0.3) is 0 Å². The second-order valence-electron chi connectivity index (χ2n) is 4.21. The summed E-state index contributed by atoms with van der Waals surface area (Å²) >= 11 is 0. The molecule has 0 aromatic rings. The fourth-order valence-electron chi connectivity index (χ4n) is 1.05. The molecule has 0 radical (unpaired) electrons. The first-order valence-electron chi connectivity index (χ1n) is 6.26. The molecular formula is C12H24N2O3. The van der Waals surface area contributed by atoms with E-state index in [-0.39, 0.29) is 17.9 Å². The molecule has 0 aliphatic heterocycles. The summed E-state index contributed by atoms with van der Waals surface area (Å²) in [6, 6.07) is -0.159. The van der Waals surface area contributed by atoms with Crippen LogP contribution in [0.3, 0.4) is 0 Å². The Hall–Kier alpha value is -1.26. The van der Waals surface area contributed by atoms with Gasteiger partial charge in [0.05, 0.1) is 12.5 Å². The van der Waals surface area contributed by atoms with Crippen LogP contribution in [-0.2, 0) is 9.53 Å². The van der Waals surface area contributed by atoms with Crippen LogP contribution >= 0.6 is 0 Å². The Morgan fingerprint density at radius 1 is 1.12 bits per heavy atom. The zero-order valence-electron chi connectivity index (χ0n) is 11.0. The van der Waals surface area contributed by atoms with Crippen molar-refractivity contribution < 1.29 is 14.3 Å². The monoisotopic (exact) mass is 244 g/mol. The highest BCUT2D eigenvalue weighted by Gasteiger charge is 2.07. The van der Waals surface area contributed by atoms with Crippen molar-refractivity contribution in [3.63, 3.8) is 0 Å². The topological polar surface area (TPSA) is 67.4 Å². The minimum absolute atomic E-state index is 0.0969. The van der Waals surface area contributed by atoms with Gasteiger partial charge in [-0.05, 0) is 12.8 Å². The molecule has 0 aromatic heterocycles. The Morgan fingerprint density at radius 2 is 1.71 bits per heavy atom. The van der Waals surface area contributed by atoms with Gasteiger partial charge in [-0.2, -0.15) is 0 Å². The number of hydrogen-bond donors (Lipinski definition) is 2. The van der Waals surface area contributed by atoms with Gasteiger partial charge in [-0.15, -0.1) is 0 Å². The van der Waals surface area contributed by atoms with Gasteiger partial charge >= 0.3 is 12.0 Å². The molecule has 0 saturated heterocycles. The maximum atomic E-state index is 11.2. The average Bonchev–Trinajstić information content (AvgIpc) is 2.28. The number of amides is 2. The lowest BCUT2D eigenvalue weighted by molar-refractivity contribution is -0.147. The van der Waals surface area contributed by atoms with Gasteiger partial charge in [0, 0.05) is 13.1 Å². The van der Waals surface area contributed by atoms with Crippen molar-refractivity contribution in [1.29, 1.82) is 0 Å². The number of carbonyl (C=O) groups is 2. The quantitative estimate of drug-likeness (QED) is 0.504. The van der Waals surface area contributed by atoms with Crippen LogP contribution in [0, 0.1) is 5.92 Å². The molecule has 0 aliphatic carbocycles. The van der Waals surface area contributed by atoms with Crippen molar-refractivity contribution in [2.45, 2.75) is 40.0 Å². The van der Waals surface area contributed by atoms with E-state index in [1.165, 1.54) is 0 Å². The second-order valence-corrected chi connectivity index (χ2v) is 4.21. The number of esters is 1. The number of ether oxygens (including phenoxy) is 1. The Labute approximate surface area is 103 Å². The molecule has 5 heteroatoms. The van der Waals surface area contributed by atoms with Crippen molar-refractivity contribution in [3.05, 3.63) is 0 Å². The van der Waals surface area contributed by atoms with Crippen LogP contribution in [-0.4, -0.2) is 31.7 Å². The van der Waals surface area contributed by atoms with Gasteiger partial charge in [0.15, 0.2) is 0 Å². The molecule has 0 aromatic carbocycles. The fraction of sp³-hybridized carbons (Fsp3) is 0.833. The highest BCUT2D eigenvalue weighted by Crippen LogP contribution is 1.95. The average molecular weight is 244 g/mol. The van der Waals surface area contributed by atoms with E-state index in [0.717, 1.165) is 12.8 Å². The van der Waals surface area contributed by atoms with Crippen molar-refractivity contribution in [3.8, 4) is 0 Å². The van der Waals surface area contributed by atoms with Crippen molar-refractivity contribution in [2.24, 2.45) is 5.92 Å². The highest BCUT2D eigenvalue weighted by molar-refractivity contribution is 5.73. The highest BCUT2D eigenvalue weighted by atomic mass is 16.5. The summed E-state index contributed by atoms with van der Waals surface area (Å²) in [4.78, 5) is 22.3. The van der Waals surface area contributed by atoms with Crippen molar-refractivity contribution >= 4 is 12.0 Å². The predicted octanol–water partition coefficient (Wildman–Crippen LogP) is 1.68. The lowest BCUT2D eigenvalue weighted by atomic mass is 10.2. The number of urea groups is 1. The third-order valence-electron chi connectivity index (χ3n) is 2.14. The summed E-state index contributed by atoms with van der Waals surface area (Å²) < 4.78 is 4.97. The van der Waals surface area contributed by atoms with Gasteiger partial charge in [-0.1, -0.05) is 27.2 Å². The van der Waals surface area contributed by atoms with E-state index in [2.05, 4.69) is 17.6 Å². The molecule has 0 rings (SSSR count). The van der Waals surface area contributed by atoms with Gasteiger partial charge in [0.2, 0.25) is 0 Å². The third-order valence-corrected chi connectivity index (χ3v) is 2.14. The maximum Gasteiger partial charge on any atom is 0.314 e. The normalized spacial score (nSPS) is 10.1. The molecule has 100 valence electrons. The first-order valence-corrected chi connectivity index (χ1v) is 6.26. The van der Waals surface area contributed by atoms with E-state index in [9.17, 15) is 9.59 Å². The molecule has 0 heterocycles. The van der Waals surface area contributed by atoms with Crippen LogP contribution in [0.5, 0.6) is 0 Å². The summed E-state index contributed by atoms with van der Waals surface area (Å²) in [7, 11) is 0. The van der Waals surface area contributed by atoms with Crippen LogP contribution < -0.4 is 10.6 Å². The number of rotatable bonds is 8. The predicted molar refractivity (Wildman–Crippen MR) is 66.7 cm³/mol. The SMILES string of the molecule is CCCCNC(=O)NCCCOC(=O)C(C)C. The molecule has 2 N–H and O–H groups in total. The van der Waals surface area contributed by atoms with E-state index < -0.39 is 0 Å².